The molecule has 1 aromatic rings. The molecule has 4 nitrogen and oxygen atoms in total. The number of carbonyl (C=O) groups excluding carboxylic acids is 1. The van der Waals surface area contributed by atoms with Crippen molar-refractivity contribution in [1.29, 1.82) is 0 Å². The first kappa shape index (κ1) is 15.3. The molecule has 0 bridgehead atoms. The van der Waals surface area contributed by atoms with Gasteiger partial charge in [0.15, 0.2) is 0 Å². The Morgan fingerprint density at radius 3 is 3.05 bits per heavy atom. The summed E-state index contributed by atoms with van der Waals surface area (Å²) in [6, 6.07) is 6.93. The number of nitrogens with zero attached hydrogens (tertiary/aromatic N) is 1. The summed E-state index contributed by atoms with van der Waals surface area (Å²) in [6.07, 6.45) is 3.89. The minimum Gasteiger partial charge on any atom is -0.494 e. The Morgan fingerprint density at radius 2 is 2.27 bits per heavy atom. The van der Waals surface area contributed by atoms with Gasteiger partial charge in [0.2, 0.25) is 5.91 Å². The van der Waals surface area contributed by atoms with Crippen LogP contribution in [-0.4, -0.2) is 36.5 Å². The lowest BCUT2D eigenvalue weighted by atomic mass is 9.92. The van der Waals surface area contributed by atoms with Crippen LogP contribution >= 0.6 is 0 Å². The molecule has 2 fully saturated rings. The van der Waals surface area contributed by atoms with E-state index in [9.17, 15) is 4.79 Å². The third kappa shape index (κ3) is 2.98. The zero-order valence-electron chi connectivity index (χ0n) is 13.6. The van der Waals surface area contributed by atoms with E-state index in [0.717, 1.165) is 44.7 Å². The molecule has 0 radical (unpaired) electrons. The van der Waals surface area contributed by atoms with Gasteiger partial charge >= 0.3 is 0 Å². The van der Waals surface area contributed by atoms with E-state index in [0.29, 0.717) is 18.4 Å². The summed E-state index contributed by atoms with van der Waals surface area (Å²) in [5.41, 5.74) is 2.54. The van der Waals surface area contributed by atoms with E-state index in [4.69, 9.17) is 4.74 Å². The van der Waals surface area contributed by atoms with E-state index >= 15 is 0 Å². The highest BCUT2D eigenvalue weighted by molar-refractivity contribution is 5.79. The molecule has 0 unspecified atom stereocenters. The molecule has 2 aliphatic heterocycles. The summed E-state index contributed by atoms with van der Waals surface area (Å²) >= 11 is 0. The number of hydrogen-bond acceptors (Lipinski definition) is 3. The largest absolute Gasteiger partial charge is 0.494 e. The summed E-state index contributed by atoms with van der Waals surface area (Å²) in [6.45, 7) is 6.81. The second-order valence-corrected chi connectivity index (χ2v) is 6.35. The molecule has 3 rings (SSSR count). The van der Waals surface area contributed by atoms with E-state index in [1.54, 1.807) is 0 Å². The molecule has 22 heavy (non-hydrogen) atoms. The molecule has 2 atom stereocenters. The zero-order chi connectivity index (χ0) is 15.5. The number of piperazine rings is 1. The van der Waals surface area contributed by atoms with Crippen LogP contribution in [0.15, 0.2) is 18.2 Å². The monoisotopic (exact) mass is 302 g/mol. The van der Waals surface area contributed by atoms with Gasteiger partial charge in [-0.05, 0) is 43.0 Å². The maximum Gasteiger partial charge on any atom is 0.223 e. The quantitative estimate of drug-likeness (QED) is 0.850. The maximum atomic E-state index is 11.9. The van der Waals surface area contributed by atoms with Gasteiger partial charge in [-0.2, -0.15) is 0 Å². The van der Waals surface area contributed by atoms with Gasteiger partial charge < -0.3 is 15.0 Å². The van der Waals surface area contributed by atoms with E-state index in [1.165, 1.54) is 11.1 Å². The van der Waals surface area contributed by atoms with Crippen LogP contribution in [-0.2, 0) is 4.79 Å². The van der Waals surface area contributed by atoms with Crippen molar-refractivity contribution in [3.05, 3.63) is 29.3 Å². The van der Waals surface area contributed by atoms with Crippen LogP contribution in [0.4, 0.5) is 0 Å². The maximum absolute atomic E-state index is 11.9. The van der Waals surface area contributed by atoms with Crippen molar-refractivity contribution in [2.24, 2.45) is 0 Å². The summed E-state index contributed by atoms with van der Waals surface area (Å²) in [7, 11) is 0. The summed E-state index contributed by atoms with van der Waals surface area (Å²) < 4.78 is 5.79. The van der Waals surface area contributed by atoms with Crippen molar-refractivity contribution in [2.45, 2.75) is 51.6 Å². The Labute approximate surface area is 132 Å². The standard InChI is InChI=1S/C18H26N2O2/c1-3-4-11-22-14-5-6-15(13(2)12-14)18-16-7-8-17(21)20(16)10-9-19-18/h5-6,12,16,18-19H,3-4,7-11H2,1-2H3/t16-,18-/m0/s1. The SMILES string of the molecule is CCCCOc1ccc([C@@H]2NCCN3C(=O)CC[C@@H]23)c(C)c1. The molecular formula is C18H26N2O2. The minimum atomic E-state index is 0.255. The van der Waals surface area contributed by atoms with Crippen molar-refractivity contribution >= 4 is 5.91 Å². The van der Waals surface area contributed by atoms with Crippen molar-refractivity contribution in [3.8, 4) is 5.75 Å². The highest BCUT2D eigenvalue weighted by atomic mass is 16.5. The average Bonchev–Trinajstić information content (AvgIpc) is 2.90. The molecule has 1 aromatic carbocycles. The van der Waals surface area contributed by atoms with Gasteiger partial charge in [0.05, 0.1) is 18.7 Å². The third-order valence-electron chi connectivity index (χ3n) is 4.82. The van der Waals surface area contributed by atoms with Crippen LogP contribution in [0.3, 0.4) is 0 Å². The van der Waals surface area contributed by atoms with Gasteiger partial charge in [-0.1, -0.05) is 19.4 Å². The van der Waals surface area contributed by atoms with Crippen LogP contribution < -0.4 is 10.1 Å². The van der Waals surface area contributed by atoms with Gasteiger partial charge in [-0.3, -0.25) is 4.79 Å². The van der Waals surface area contributed by atoms with Crippen molar-refractivity contribution in [3.63, 3.8) is 0 Å². The van der Waals surface area contributed by atoms with Gasteiger partial charge in [-0.15, -0.1) is 0 Å². The molecule has 120 valence electrons. The summed E-state index contributed by atoms with van der Waals surface area (Å²) in [5, 5.41) is 3.61. The fourth-order valence-electron chi connectivity index (χ4n) is 3.61. The van der Waals surface area contributed by atoms with Gasteiger partial charge in [-0.25, -0.2) is 0 Å². The van der Waals surface area contributed by atoms with Crippen LogP contribution in [0.25, 0.3) is 0 Å². The topological polar surface area (TPSA) is 41.6 Å². The van der Waals surface area contributed by atoms with Gasteiger partial charge in [0.25, 0.3) is 0 Å². The Hall–Kier alpha value is -1.55. The lowest BCUT2D eigenvalue weighted by Crippen LogP contribution is -2.51. The van der Waals surface area contributed by atoms with Crippen LogP contribution in [0.2, 0.25) is 0 Å². The highest BCUT2D eigenvalue weighted by Gasteiger charge is 2.39. The summed E-state index contributed by atoms with van der Waals surface area (Å²) in [5.74, 6) is 1.26. The number of aryl methyl sites for hydroxylation is 1. The molecule has 0 saturated carbocycles. The first-order valence-electron chi connectivity index (χ1n) is 8.47. The third-order valence-corrected chi connectivity index (χ3v) is 4.82. The normalized spacial score (nSPS) is 24.5. The number of nitrogens with one attached hydrogen (secondary N) is 1. The lowest BCUT2D eigenvalue weighted by Gasteiger charge is -2.38. The van der Waals surface area contributed by atoms with Gasteiger partial charge in [0.1, 0.15) is 5.75 Å². The molecule has 1 amide bonds. The Kier molecular flexibility index (Phi) is 4.67. The van der Waals surface area contributed by atoms with E-state index < -0.39 is 0 Å². The number of unbranched alkanes of at least 4 members (excludes halogenated alkanes) is 1. The first-order chi connectivity index (χ1) is 10.7. The number of benzene rings is 1. The molecule has 4 heteroatoms. The molecule has 0 spiro atoms. The fourth-order valence-corrected chi connectivity index (χ4v) is 3.61. The Bertz CT molecular complexity index is 544. The predicted molar refractivity (Wildman–Crippen MR) is 87.1 cm³/mol. The summed E-state index contributed by atoms with van der Waals surface area (Å²) in [4.78, 5) is 14.0. The van der Waals surface area contributed by atoms with E-state index in [2.05, 4.69) is 42.3 Å². The molecular weight excluding hydrogens is 276 g/mol. The first-order valence-corrected chi connectivity index (χ1v) is 8.47. The average molecular weight is 302 g/mol. The second kappa shape index (κ2) is 6.69. The number of rotatable bonds is 5. The molecule has 0 aliphatic carbocycles. The van der Waals surface area contributed by atoms with E-state index in [-0.39, 0.29) is 6.04 Å². The Morgan fingerprint density at radius 1 is 1.41 bits per heavy atom. The molecule has 2 saturated heterocycles. The molecule has 2 heterocycles. The molecule has 1 N–H and O–H groups in total. The number of fused-ring (bicyclic) bond motifs is 1. The van der Waals surface area contributed by atoms with Crippen LogP contribution in [0.5, 0.6) is 5.75 Å². The highest BCUT2D eigenvalue weighted by Crippen LogP contribution is 2.34. The van der Waals surface area contributed by atoms with Crippen LogP contribution in [0, 0.1) is 6.92 Å². The zero-order valence-corrected chi connectivity index (χ0v) is 13.6. The van der Waals surface area contributed by atoms with Crippen molar-refractivity contribution in [2.75, 3.05) is 19.7 Å². The van der Waals surface area contributed by atoms with Crippen molar-refractivity contribution < 1.29 is 9.53 Å². The van der Waals surface area contributed by atoms with Crippen molar-refractivity contribution in [1.82, 2.24) is 10.2 Å². The van der Waals surface area contributed by atoms with Crippen LogP contribution in [0.1, 0.15) is 49.8 Å². The Balaban J connectivity index is 1.75. The van der Waals surface area contributed by atoms with Gasteiger partial charge in [0, 0.05) is 19.5 Å². The van der Waals surface area contributed by atoms with E-state index in [1.807, 2.05) is 0 Å². The predicted octanol–water partition coefficient (Wildman–Crippen LogP) is 2.81. The molecule has 0 aromatic heterocycles. The second-order valence-electron chi connectivity index (χ2n) is 6.35. The number of amides is 1. The number of hydrogen-bond donors (Lipinski definition) is 1. The lowest BCUT2D eigenvalue weighted by molar-refractivity contribution is -0.130. The fraction of sp³-hybridized carbons (Fsp3) is 0.611. The number of carbonyl (C=O) groups is 1. The minimum absolute atomic E-state index is 0.255. The number of ether oxygens (including phenoxy) is 1. The molecule has 2 aliphatic rings. The smallest absolute Gasteiger partial charge is 0.223 e.